The Kier molecular flexibility index (Phi) is 0.771. The van der Waals surface area contributed by atoms with Crippen molar-refractivity contribution < 1.29 is 4.11 Å². The van der Waals surface area contributed by atoms with Crippen LogP contribution >= 0.6 is 11.6 Å². The van der Waals surface area contributed by atoms with Gasteiger partial charge in [0.1, 0.15) is 0 Å². The molecule has 0 nitrogen and oxygen atoms in total. The smallest absolute Gasteiger partial charge is 0.0582 e. The fourth-order valence-corrected chi connectivity index (χ4v) is 0. The first-order valence-electron chi connectivity index (χ1n) is 2.37. The molecule has 0 aliphatic heterocycles. The van der Waals surface area contributed by atoms with E-state index in [2.05, 4.69) is 0 Å². The van der Waals surface area contributed by atoms with Crippen molar-refractivity contribution in [3.05, 3.63) is 12.6 Å². The highest BCUT2D eigenvalue weighted by atomic mass is 35.5. The van der Waals surface area contributed by atoms with Crippen LogP contribution in [0, 0.1) is 0 Å². The van der Waals surface area contributed by atoms with Gasteiger partial charge in [0.2, 0.25) is 0 Å². The van der Waals surface area contributed by atoms with E-state index in [9.17, 15) is 0 Å². The number of allylic oxidation sites excluding steroid dienone is 1. The molecular formula is C3H5Cl. The number of alkyl halides is 1. The van der Waals surface area contributed by atoms with Crippen molar-refractivity contribution in [2.45, 2.75) is 0 Å². The van der Waals surface area contributed by atoms with Crippen LogP contribution in [-0.4, -0.2) is 5.88 Å². The van der Waals surface area contributed by atoms with Crippen LogP contribution in [-0.2, 0) is 0 Å². The van der Waals surface area contributed by atoms with Gasteiger partial charge in [0, 0.05) is 5.88 Å². The van der Waals surface area contributed by atoms with Crippen molar-refractivity contribution in [3.63, 3.8) is 0 Å². The van der Waals surface area contributed by atoms with Crippen molar-refractivity contribution >= 4 is 11.6 Å². The van der Waals surface area contributed by atoms with Gasteiger partial charge < -0.3 is 0 Å². The molecule has 0 aliphatic rings. The van der Waals surface area contributed by atoms with Crippen LogP contribution in [0.15, 0.2) is 12.6 Å². The molecule has 0 fully saturated rings. The monoisotopic (exact) mass is 79.0 g/mol. The van der Waals surface area contributed by atoms with Gasteiger partial charge >= 0.3 is 0 Å². The molecule has 4 heavy (non-hydrogen) atoms. The predicted molar refractivity (Wildman–Crippen MR) is 20.9 cm³/mol. The van der Waals surface area contributed by atoms with Crippen molar-refractivity contribution in [3.8, 4) is 0 Å². The Bertz CT molecular complexity index is 84.2. The minimum absolute atomic E-state index is 0.0394. The van der Waals surface area contributed by atoms with Crippen LogP contribution in [0.4, 0.5) is 0 Å². The van der Waals surface area contributed by atoms with Crippen molar-refractivity contribution in [1.29, 1.82) is 0 Å². The normalized spacial score (nSPS) is 15.8. The van der Waals surface area contributed by atoms with Crippen molar-refractivity contribution in [1.82, 2.24) is 0 Å². The molecule has 0 aromatic rings. The Morgan fingerprint density at radius 3 is 3.50 bits per heavy atom. The molecule has 0 radical (unpaired) electrons. The molecule has 0 saturated carbocycles. The van der Waals surface area contributed by atoms with E-state index in [1.54, 1.807) is 0 Å². The SMILES string of the molecule is [2H]C([2H])=C([2H])CCl. The molecule has 0 bridgehead atoms. The summed E-state index contributed by atoms with van der Waals surface area (Å²) in [7, 11) is 0. The first-order chi connectivity index (χ1) is 3.18. The minimum Gasteiger partial charge on any atom is -0.122 e. The van der Waals surface area contributed by atoms with E-state index in [-0.39, 0.29) is 11.9 Å². The maximum Gasteiger partial charge on any atom is 0.0582 e. The van der Waals surface area contributed by atoms with E-state index in [1.165, 1.54) is 0 Å². The zero-order valence-electron chi connectivity index (χ0n) is 5.09. The summed E-state index contributed by atoms with van der Waals surface area (Å²) in [5, 5.41) is 0. The third-order valence-electron chi connectivity index (χ3n) is 0.0668. The van der Waals surface area contributed by atoms with Gasteiger partial charge in [-0.25, -0.2) is 0 Å². The minimum atomic E-state index is -0.505. The summed E-state index contributed by atoms with van der Waals surface area (Å²) in [6.07, 6.45) is 0. The van der Waals surface area contributed by atoms with Gasteiger partial charge in [-0.05, 0) is 0 Å². The summed E-state index contributed by atoms with van der Waals surface area (Å²) in [5.74, 6) is -0.0394. The molecule has 0 amide bonds. The molecule has 0 spiro atoms. The Hall–Kier alpha value is 0.0300. The van der Waals surface area contributed by atoms with Gasteiger partial charge in [-0.3, -0.25) is 0 Å². The fourth-order valence-electron chi connectivity index (χ4n) is 0. The maximum atomic E-state index is 6.65. The van der Waals surface area contributed by atoms with E-state index in [4.69, 9.17) is 15.7 Å². The van der Waals surface area contributed by atoms with Crippen LogP contribution in [0.2, 0.25) is 0 Å². The second-order valence-electron chi connectivity index (χ2n) is 0.310. The highest BCUT2D eigenvalue weighted by Crippen LogP contribution is 1.67. The Morgan fingerprint density at radius 1 is 2.75 bits per heavy atom. The van der Waals surface area contributed by atoms with Crippen molar-refractivity contribution in [2.75, 3.05) is 5.88 Å². The van der Waals surface area contributed by atoms with E-state index in [0.29, 0.717) is 0 Å². The standard InChI is InChI=1S/C3H5Cl/c1-2-3-4/h2H,1,3H2/i1D2,2D. The van der Waals surface area contributed by atoms with Crippen LogP contribution in [0.3, 0.4) is 0 Å². The molecule has 0 aromatic carbocycles. The van der Waals surface area contributed by atoms with Crippen molar-refractivity contribution in [2.24, 2.45) is 0 Å². The number of halogens is 1. The first kappa shape index (κ1) is 1.02. The molecule has 0 aliphatic carbocycles. The maximum absolute atomic E-state index is 6.65. The zero-order valence-corrected chi connectivity index (χ0v) is 2.84. The molecule has 0 saturated heterocycles. The van der Waals surface area contributed by atoms with Crippen LogP contribution in [0.25, 0.3) is 0 Å². The predicted octanol–water partition coefficient (Wildman–Crippen LogP) is 1.41. The van der Waals surface area contributed by atoms with Gasteiger partial charge in [-0.15, -0.1) is 18.1 Å². The van der Waals surface area contributed by atoms with Gasteiger partial charge in [0.15, 0.2) is 0 Å². The largest absolute Gasteiger partial charge is 0.122 e. The Labute approximate surface area is 35.3 Å². The summed E-state index contributed by atoms with van der Waals surface area (Å²) in [6.45, 7) is -0.505. The lowest BCUT2D eigenvalue weighted by Gasteiger charge is -1.55. The van der Waals surface area contributed by atoms with Gasteiger partial charge in [0.25, 0.3) is 0 Å². The van der Waals surface area contributed by atoms with E-state index < -0.39 is 6.53 Å². The van der Waals surface area contributed by atoms with E-state index in [0.717, 1.165) is 0 Å². The topological polar surface area (TPSA) is 0 Å². The van der Waals surface area contributed by atoms with Gasteiger partial charge in [0.05, 0.1) is 4.11 Å². The molecule has 0 aromatic heterocycles. The van der Waals surface area contributed by atoms with Crippen LogP contribution < -0.4 is 0 Å². The number of hydrogen-bond donors (Lipinski definition) is 0. The molecule has 0 atom stereocenters. The highest BCUT2D eigenvalue weighted by molar-refractivity contribution is 6.18. The lowest BCUT2D eigenvalue weighted by molar-refractivity contribution is 1.80. The lowest BCUT2D eigenvalue weighted by Crippen LogP contribution is -1.45. The number of rotatable bonds is 1. The molecule has 1 heteroatoms. The molecular weight excluding hydrogens is 71.5 g/mol. The second-order valence-corrected chi connectivity index (χ2v) is 0.578. The molecule has 0 heterocycles. The Morgan fingerprint density at radius 2 is 3.50 bits per heavy atom. The zero-order chi connectivity index (χ0) is 5.86. The van der Waals surface area contributed by atoms with Crippen LogP contribution in [0.5, 0.6) is 0 Å². The average Bonchev–Trinajstić information content (AvgIpc) is 1.65. The summed E-state index contributed by atoms with van der Waals surface area (Å²) in [4.78, 5) is 0. The molecule has 0 rings (SSSR count). The quantitative estimate of drug-likeness (QED) is 0.329. The average molecular weight is 79.5 g/mol. The van der Waals surface area contributed by atoms with E-state index in [1.807, 2.05) is 0 Å². The third kappa shape index (κ3) is 2.03. The summed E-state index contributed by atoms with van der Waals surface area (Å²) >= 11 is 5.06. The molecule has 0 unspecified atom stereocenters. The lowest BCUT2D eigenvalue weighted by atomic mass is 10.8. The first-order valence-corrected chi connectivity index (χ1v) is 1.41. The molecule has 0 N–H and O–H groups in total. The van der Waals surface area contributed by atoms with E-state index >= 15 is 0 Å². The van der Waals surface area contributed by atoms with Crippen LogP contribution in [0.1, 0.15) is 4.11 Å². The summed E-state index contributed by atoms with van der Waals surface area (Å²) in [6, 6.07) is -0.137. The second kappa shape index (κ2) is 3.03. The fraction of sp³-hybridized carbons (Fsp3) is 0.333. The van der Waals surface area contributed by atoms with Gasteiger partial charge in [-0.1, -0.05) is 6.05 Å². The molecule has 24 valence electrons. The summed E-state index contributed by atoms with van der Waals surface area (Å²) < 4.78 is 19.6. The van der Waals surface area contributed by atoms with Gasteiger partial charge in [-0.2, -0.15) is 0 Å². The summed E-state index contributed by atoms with van der Waals surface area (Å²) in [5.41, 5.74) is 0. The Balaban J connectivity index is 3.72. The third-order valence-corrected chi connectivity index (χ3v) is 0.200. The highest BCUT2D eigenvalue weighted by Gasteiger charge is 1.48. The number of hydrogen-bond acceptors (Lipinski definition) is 0.